The van der Waals surface area contributed by atoms with Crippen molar-refractivity contribution in [2.24, 2.45) is 0 Å². The molecule has 2 aromatic heterocycles. The van der Waals surface area contributed by atoms with Crippen LogP contribution in [-0.2, 0) is 25.0 Å². The Balaban J connectivity index is 2.08. The number of hydrogen-bond acceptors (Lipinski definition) is 3. The van der Waals surface area contributed by atoms with E-state index in [1.54, 1.807) is 0 Å². The number of nitrogens with zero attached hydrogens (tertiary/aromatic N) is 2. The number of halogens is 4. The standard InChI is InChI=1S/C13H12ClF3N2OS/c14-7-9-8-21-11(18-9)4-2-6-19-10(13(15,16)17)3-1-5-12(19)20/h1,3,5,8H,2,4,6-7H2. The molecule has 114 valence electrons. The van der Waals surface area contributed by atoms with Gasteiger partial charge >= 0.3 is 6.18 Å². The fraction of sp³-hybridized carbons (Fsp3) is 0.385. The Labute approximate surface area is 128 Å². The van der Waals surface area contributed by atoms with Crippen molar-refractivity contribution in [3.05, 3.63) is 50.3 Å². The molecule has 0 aliphatic rings. The predicted octanol–water partition coefficient (Wildman–Crippen LogP) is 3.70. The van der Waals surface area contributed by atoms with Crippen LogP contribution in [0.3, 0.4) is 0 Å². The van der Waals surface area contributed by atoms with Gasteiger partial charge in [-0.15, -0.1) is 22.9 Å². The van der Waals surface area contributed by atoms with Gasteiger partial charge in [0.05, 0.1) is 16.6 Å². The van der Waals surface area contributed by atoms with Crippen LogP contribution in [0.2, 0.25) is 0 Å². The van der Waals surface area contributed by atoms with E-state index >= 15 is 0 Å². The molecule has 0 spiro atoms. The Bertz CT molecular complexity index is 666. The second-order valence-electron chi connectivity index (χ2n) is 4.37. The summed E-state index contributed by atoms with van der Waals surface area (Å²) in [5, 5.41) is 2.63. The van der Waals surface area contributed by atoms with E-state index < -0.39 is 17.4 Å². The topological polar surface area (TPSA) is 34.9 Å². The van der Waals surface area contributed by atoms with Gasteiger partial charge in [-0.05, 0) is 12.5 Å². The summed E-state index contributed by atoms with van der Waals surface area (Å²) in [5.41, 5.74) is -0.814. The molecule has 2 rings (SSSR count). The van der Waals surface area contributed by atoms with E-state index in [4.69, 9.17) is 11.6 Å². The average Bonchev–Trinajstić information content (AvgIpc) is 2.87. The van der Waals surface area contributed by atoms with Crippen LogP contribution in [0.1, 0.15) is 22.8 Å². The predicted molar refractivity (Wildman–Crippen MR) is 75.7 cm³/mol. The van der Waals surface area contributed by atoms with Gasteiger partial charge in [0.25, 0.3) is 5.56 Å². The second-order valence-corrected chi connectivity index (χ2v) is 5.58. The number of rotatable bonds is 5. The number of aryl methyl sites for hydroxylation is 1. The highest BCUT2D eigenvalue weighted by Crippen LogP contribution is 2.28. The summed E-state index contributed by atoms with van der Waals surface area (Å²) < 4.78 is 39.3. The lowest BCUT2D eigenvalue weighted by Crippen LogP contribution is -2.27. The van der Waals surface area contributed by atoms with E-state index in [0.29, 0.717) is 18.7 Å². The van der Waals surface area contributed by atoms with Gasteiger partial charge in [-0.1, -0.05) is 6.07 Å². The number of aromatic nitrogens is 2. The maximum atomic E-state index is 12.8. The molecule has 0 aliphatic carbocycles. The lowest BCUT2D eigenvalue weighted by molar-refractivity contribution is -0.144. The highest BCUT2D eigenvalue weighted by molar-refractivity contribution is 7.09. The number of alkyl halides is 4. The van der Waals surface area contributed by atoms with Gasteiger partial charge in [0.2, 0.25) is 0 Å². The van der Waals surface area contributed by atoms with E-state index in [-0.39, 0.29) is 6.54 Å². The summed E-state index contributed by atoms with van der Waals surface area (Å²) >= 11 is 7.05. The minimum Gasteiger partial charge on any atom is -0.304 e. The Morgan fingerprint density at radius 1 is 1.33 bits per heavy atom. The fourth-order valence-corrected chi connectivity index (χ4v) is 2.98. The molecule has 2 heterocycles. The Morgan fingerprint density at radius 2 is 2.10 bits per heavy atom. The van der Waals surface area contributed by atoms with Crippen molar-refractivity contribution in [1.82, 2.24) is 9.55 Å². The smallest absolute Gasteiger partial charge is 0.304 e. The first-order valence-corrected chi connectivity index (χ1v) is 7.59. The van der Waals surface area contributed by atoms with Crippen molar-refractivity contribution in [3.8, 4) is 0 Å². The normalized spacial score (nSPS) is 11.8. The lowest BCUT2D eigenvalue weighted by Gasteiger charge is -2.14. The number of thiazole rings is 1. The van der Waals surface area contributed by atoms with Gasteiger partial charge < -0.3 is 4.57 Å². The van der Waals surface area contributed by atoms with Crippen LogP contribution in [-0.4, -0.2) is 9.55 Å². The molecule has 0 amide bonds. The second kappa shape index (κ2) is 6.62. The third kappa shape index (κ3) is 4.07. The SMILES string of the molecule is O=c1cccc(C(F)(F)F)n1CCCc1nc(CCl)cs1. The third-order valence-electron chi connectivity index (χ3n) is 2.85. The summed E-state index contributed by atoms with van der Waals surface area (Å²) in [6, 6.07) is 3.16. The van der Waals surface area contributed by atoms with Crippen molar-refractivity contribution in [2.75, 3.05) is 0 Å². The van der Waals surface area contributed by atoms with Crippen molar-refractivity contribution < 1.29 is 13.2 Å². The summed E-state index contributed by atoms with van der Waals surface area (Å²) in [4.78, 5) is 15.8. The van der Waals surface area contributed by atoms with Gasteiger partial charge in [0.1, 0.15) is 5.69 Å². The molecule has 0 atom stereocenters. The maximum absolute atomic E-state index is 12.8. The molecule has 0 aliphatic heterocycles. The molecule has 0 N–H and O–H groups in total. The number of hydrogen-bond donors (Lipinski definition) is 0. The lowest BCUT2D eigenvalue weighted by atomic mass is 10.2. The zero-order valence-electron chi connectivity index (χ0n) is 10.9. The van der Waals surface area contributed by atoms with Crippen molar-refractivity contribution in [2.45, 2.75) is 31.4 Å². The highest BCUT2D eigenvalue weighted by Gasteiger charge is 2.33. The first-order chi connectivity index (χ1) is 9.91. The third-order valence-corrected chi connectivity index (χ3v) is 4.08. The van der Waals surface area contributed by atoms with Gasteiger partial charge in [-0.3, -0.25) is 4.79 Å². The summed E-state index contributed by atoms with van der Waals surface area (Å²) in [6.45, 7) is 0.00427. The summed E-state index contributed by atoms with van der Waals surface area (Å²) in [7, 11) is 0. The van der Waals surface area contributed by atoms with E-state index in [1.165, 1.54) is 11.3 Å². The van der Waals surface area contributed by atoms with Crippen LogP contribution in [0.4, 0.5) is 13.2 Å². The molecule has 0 bridgehead atoms. The van der Waals surface area contributed by atoms with Crippen molar-refractivity contribution in [1.29, 1.82) is 0 Å². The van der Waals surface area contributed by atoms with Crippen LogP contribution >= 0.6 is 22.9 Å². The van der Waals surface area contributed by atoms with Crippen LogP contribution in [0, 0.1) is 0 Å². The van der Waals surface area contributed by atoms with Crippen LogP contribution < -0.4 is 5.56 Å². The monoisotopic (exact) mass is 336 g/mol. The summed E-state index contributed by atoms with van der Waals surface area (Å²) in [6.07, 6.45) is -3.62. The fourth-order valence-electron chi connectivity index (χ4n) is 1.91. The Kier molecular flexibility index (Phi) is 5.05. The Morgan fingerprint density at radius 3 is 2.71 bits per heavy atom. The van der Waals surface area contributed by atoms with Crippen LogP contribution in [0.25, 0.3) is 0 Å². The van der Waals surface area contributed by atoms with Gasteiger partial charge in [-0.2, -0.15) is 13.2 Å². The average molecular weight is 337 g/mol. The zero-order valence-corrected chi connectivity index (χ0v) is 12.4. The maximum Gasteiger partial charge on any atom is 0.431 e. The van der Waals surface area contributed by atoms with Gasteiger partial charge in [0, 0.05) is 24.4 Å². The van der Waals surface area contributed by atoms with E-state index in [2.05, 4.69) is 4.98 Å². The molecule has 0 unspecified atom stereocenters. The molecular formula is C13H12ClF3N2OS. The van der Waals surface area contributed by atoms with Crippen LogP contribution in [0.15, 0.2) is 28.4 Å². The molecule has 3 nitrogen and oxygen atoms in total. The van der Waals surface area contributed by atoms with E-state index in [0.717, 1.165) is 33.5 Å². The summed E-state index contributed by atoms with van der Waals surface area (Å²) in [5.74, 6) is 0.312. The van der Waals surface area contributed by atoms with Crippen molar-refractivity contribution in [3.63, 3.8) is 0 Å². The van der Waals surface area contributed by atoms with Gasteiger partial charge in [0.15, 0.2) is 0 Å². The van der Waals surface area contributed by atoms with E-state index in [9.17, 15) is 18.0 Å². The first kappa shape index (κ1) is 16.0. The molecular weight excluding hydrogens is 325 g/mol. The van der Waals surface area contributed by atoms with Crippen LogP contribution in [0.5, 0.6) is 0 Å². The molecule has 0 radical (unpaired) electrons. The molecule has 0 aromatic carbocycles. The van der Waals surface area contributed by atoms with Gasteiger partial charge in [-0.25, -0.2) is 4.98 Å². The minimum atomic E-state index is -4.53. The highest BCUT2D eigenvalue weighted by atomic mass is 35.5. The largest absolute Gasteiger partial charge is 0.431 e. The molecule has 0 saturated carbocycles. The molecule has 8 heteroatoms. The molecule has 0 fully saturated rings. The van der Waals surface area contributed by atoms with Crippen molar-refractivity contribution >= 4 is 22.9 Å². The first-order valence-electron chi connectivity index (χ1n) is 6.18. The number of pyridine rings is 1. The van der Waals surface area contributed by atoms with E-state index in [1.807, 2.05) is 5.38 Å². The molecule has 21 heavy (non-hydrogen) atoms. The zero-order chi connectivity index (χ0) is 15.5. The minimum absolute atomic E-state index is 0.00427. The molecule has 0 saturated heterocycles. The quantitative estimate of drug-likeness (QED) is 0.780. The Hall–Kier alpha value is -1.34. The molecule has 2 aromatic rings.